The van der Waals surface area contributed by atoms with Crippen LogP contribution in [0.25, 0.3) is 0 Å². The van der Waals surface area contributed by atoms with E-state index in [0.29, 0.717) is 5.75 Å². The molecule has 0 radical (unpaired) electrons. The fraction of sp³-hybridized carbons (Fsp3) is 0.368. The second-order valence-corrected chi connectivity index (χ2v) is 8.19. The van der Waals surface area contributed by atoms with E-state index in [1.807, 2.05) is 31.2 Å². The Morgan fingerprint density at radius 3 is 2.88 bits per heavy atom. The zero-order valence-electron chi connectivity index (χ0n) is 14.8. The van der Waals surface area contributed by atoms with Gasteiger partial charge >= 0.3 is 0 Å². The van der Waals surface area contributed by atoms with Crippen LogP contribution in [-0.2, 0) is 11.2 Å². The SMILES string of the molecule is CCC1=NC(SCC(=O)Nc2cccc(C)c2)c2cc(CC)sc2N1. The Morgan fingerprint density at radius 1 is 1.32 bits per heavy atom. The lowest BCUT2D eigenvalue weighted by Crippen LogP contribution is -2.19. The van der Waals surface area contributed by atoms with Gasteiger partial charge in [0.15, 0.2) is 0 Å². The van der Waals surface area contributed by atoms with E-state index < -0.39 is 0 Å². The molecule has 0 bridgehead atoms. The van der Waals surface area contributed by atoms with E-state index in [1.165, 1.54) is 15.4 Å². The molecule has 1 amide bonds. The van der Waals surface area contributed by atoms with Crippen molar-refractivity contribution < 1.29 is 4.79 Å². The first kappa shape index (κ1) is 18.0. The predicted octanol–water partition coefficient (Wildman–Crippen LogP) is 5.22. The number of rotatable bonds is 6. The molecule has 3 rings (SSSR count). The molecule has 0 fully saturated rings. The standard InChI is InChI=1S/C19H23N3OS2/c1-4-14-10-15-18(21-16(5-2)22-19(15)25-14)24-11-17(23)20-13-8-6-7-12(3)9-13/h6-10,18H,4-5,11H2,1-3H3,(H,20,23)(H,21,22). The van der Waals surface area contributed by atoms with Gasteiger partial charge in [0.05, 0.1) is 5.75 Å². The number of nitrogens with zero attached hydrogens (tertiary/aromatic N) is 1. The van der Waals surface area contributed by atoms with Gasteiger partial charge in [0.2, 0.25) is 5.91 Å². The van der Waals surface area contributed by atoms with Crippen LogP contribution < -0.4 is 10.6 Å². The summed E-state index contributed by atoms with van der Waals surface area (Å²) in [5.74, 6) is 1.39. The van der Waals surface area contributed by atoms with Gasteiger partial charge in [-0.05, 0) is 37.1 Å². The van der Waals surface area contributed by atoms with Gasteiger partial charge in [0, 0.05) is 22.5 Å². The minimum atomic E-state index is -0.00832. The van der Waals surface area contributed by atoms with Gasteiger partial charge in [0.1, 0.15) is 16.2 Å². The Balaban J connectivity index is 1.66. The van der Waals surface area contributed by atoms with Crippen molar-refractivity contribution in [3.05, 3.63) is 46.3 Å². The summed E-state index contributed by atoms with van der Waals surface area (Å²) in [6.07, 6.45) is 1.89. The largest absolute Gasteiger partial charge is 0.335 e. The molecule has 25 heavy (non-hydrogen) atoms. The van der Waals surface area contributed by atoms with Crippen LogP contribution in [0, 0.1) is 6.92 Å². The third kappa shape index (κ3) is 4.44. The summed E-state index contributed by atoms with van der Waals surface area (Å²) in [6.45, 7) is 6.28. The van der Waals surface area contributed by atoms with Gasteiger partial charge in [-0.1, -0.05) is 26.0 Å². The van der Waals surface area contributed by atoms with Gasteiger partial charge in [-0.3, -0.25) is 9.79 Å². The molecule has 1 aliphatic heterocycles. The average Bonchev–Trinajstić information content (AvgIpc) is 3.02. The number of carbonyl (C=O) groups excluding carboxylic acids is 1. The highest BCUT2D eigenvalue weighted by Crippen LogP contribution is 2.43. The number of fused-ring (bicyclic) bond motifs is 1. The number of thioether (sulfide) groups is 1. The minimum Gasteiger partial charge on any atom is -0.335 e. The van der Waals surface area contributed by atoms with Crippen LogP contribution >= 0.6 is 23.1 Å². The molecule has 132 valence electrons. The number of aryl methyl sites for hydroxylation is 2. The average molecular weight is 374 g/mol. The fourth-order valence-corrected chi connectivity index (χ4v) is 4.74. The molecular formula is C19H23N3OS2. The Kier molecular flexibility index (Phi) is 5.81. The first-order valence-corrected chi connectivity index (χ1v) is 10.4. The van der Waals surface area contributed by atoms with Crippen molar-refractivity contribution >= 4 is 45.5 Å². The minimum absolute atomic E-state index is 0.00832. The molecule has 0 saturated carbocycles. The molecule has 0 aliphatic carbocycles. The molecule has 1 unspecified atom stereocenters. The van der Waals surface area contributed by atoms with Crippen LogP contribution in [0.15, 0.2) is 35.3 Å². The fourth-order valence-electron chi connectivity index (χ4n) is 2.67. The van der Waals surface area contributed by atoms with Crippen LogP contribution in [0.1, 0.15) is 41.6 Å². The van der Waals surface area contributed by atoms with Gasteiger partial charge in [-0.15, -0.1) is 23.1 Å². The van der Waals surface area contributed by atoms with Crippen molar-refractivity contribution in [1.82, 2.24) is 0 Å². The second kappa shape index (κ2) is 8.06. The van der Waals surface area contributed by atoms with Crippen LogP contribution in [-0.4, -0.2) is 17.5 Å². The maximum atomic E-state index is 12.3. The number of hydrogen-bond acceptors (Lipinski definition) is 5. The van der Waals surface area contributed by atoms with Crippen molar-refractivity contribution in [3.63, 3.8) is 0 Å². The monoisotopic (exact) mass is 373 g/mol. The van der Waals surface area contributed by atoms with Crippen molar-refractivity contribution in [3.8, 4) is 0 Å². The lowest BCUT2D eigenvalue weighted by molar-refractivity contribution is -0.113. The summed E-state index contributed by atoms with van der Waals surface area (Å²) in [5, 5.41) is 7.56. The summed E-state index contributed by atoms with van der Waals surface area (Å²) in [7, 11) is 0. The highest BCUT2D eigenvalue weighted by Gasteiger charge is 2.24. The molecule has 0 saturated heterocycles. The molecule has 6 heteroatoms. The smallest absolute Gasteiger partial charge is 0.234 e. The number of carbonyl (C=O) groups is 1. The number of amidine groups is 1. The van der Waals surface area contributed by atoms with Crippen LogP contribution in [0.4, 0.5) is 10.7 Å². The Bertz CT molecular complexity index is 798. The first-order chi connectivity index (χ1) is 12.1. The van der Waals surface area contributed by atoms with Crippen molar-refractivity contribution in [2.75, 3.05) is 16.4 Å². The van der Waals surface area contributed by atoms with Gasteiger partial charge < -0.3 is 10.6 Å². The van der Waals surface area contributed by atoms with Gasteiger partial charge in [-0.2, -0.15) is 0 Å². The summed E-state index contributed by atoms with van der Waals surface area (Å²) in [4.78, 5) is 18.4. The van der Waals surface area contributed by atoms with Crippen LogP contribution in [0.3, 0.4) is 0 Å². The lowest BCUT2D eigenvalue weighted by atomic mass is 10.2. The van der Waals surface area contributed by atoms with E-state index in [2.05, 4.69) is 30.5 Å². The predicted molar refractivity (Wildman–Crippen MR) is 110 cm³/mol. The van der Waals surface area contributed by atoms with Gasteiger partial charge in [-0.25, -0.2) is 0 Å². The normalized spacial score (nSPS) is 16.0. The van der Waals surface area contributed by atoms with Crippen LogP contribution in [0.5, 0.6) is 0 Å². The summed E-state index contributed by atoms with van der Waals surface area (Å²) < 4.78 is 0. The molecule has 1 aliphatic rings. The van der Waals surface area contributed by atoms with E-state index in [9.17, 15) is 4.79 Å². The zero-order chi connectivity index (χ0) is 17.8. The molecular weight excluding hydrogens is 350 g/mol. The molecule has 2 N–H and O–H groups in total. The summed E-state index contributed by atoms with van der Waals surface area (Å²) in [6, 6.07) is 10.1. The third-order valence-electron chi connectivity index (χ3n) is 3.97. The van der Waals surface area contributed by atoms with Crippen molar-refractivity contribution in [2.24, 2.45) is 4.99 Å². The van der Waals surface area contributed by atoms with E-state index in [-0.39, 0.29) is 11.3 Å². The molecule has 1 aromatic heterocycles. The molecule has 0 spiro atoms. The number of amides is 1. The maximum absolute atomic E-state index is 12.3. The third-order valence-corrected chi connectivity index (χ3v) is 6.28. The van der Waals surface area contributed by atoms with Crippen LogP contribution in [0.2, 0.25) is 0 Å². The van der Waals surface area contributed by atoms with E-state index in [0.717, 1.165) is 29.9 Å². The topological polar surface area (TPSA) is 53.5 Å². The van der Waals surface area contributed by atoms with E-state index in [1.54, 1.807) is 23.1 Å². The molecule has 1 aromatic carbocycles. The molecule has 2 aromatic rings. The lowest BCUT2D eigenvalue weighted by Gasteiger charge is -2.21. The van der Waals surface area contributed by atoms with Gasteiger partial charge in [0.25, 0.3) is 0 Å². The number of anilines is 2. The number of hydrogen-bond donors (Lipinski definition) is 2. The first-order valence-electron chi connectivity index (χ1n) is 8.53. The van der Waals surface area contributed by atoms with Crippen molar-refractivity contribution in [2.45, 2.75) is 39.0 Å². The highest BCUT2D eigenvalue weighted by atomic mass is 32.2. The Morgan fingerprint density at radius 2 is 2.16 bits per heavy atom. The maximum Gasteiger partial charge on any atom is 0.234 e. The van der Waals surface area contributed by atoms with E-state index >= 15 is 0 Å². The summed E-state index contributed by atoms with van der Waals surface area (Å²) >= 11 is 3.37. The van der Waals surface area contributed by atoms with Crippen molar-refractivity contribution in [1.29, 1.82) is 0 Å². The summed E-state index contributed by atoms with van der Waals surface area (Å²) in [5.41, 5.74) is 3.18. The second-order valence-electron chi connectivity index (χ2n) is 5.99. The molecule has 2 heterocycles. The number of aliphatic imine (C=N–C) groups is 1. The number of thiophene rings is 1. The van der Waals surface area contributed by atoms with E-state index in [4.69, 9.17) is 4.99 Å². The Hall–Kier alpha value is -1.79. The number of benzene rings is 1. The molecule has 1 atom stereocenters. The quantitative estimate of drug-likeness (QED) is 0.729. The Labute approximate surface area is 157 Å². The highest BCUT2D eigenvalue weighted by molar-refractivity contribution is 8.00. The zero-order valence-corrected chi connectivity index (χ0v) is 16.4. The number of nitrogens with one attached hydrogen (secondary N) is 2. The molecule has 4 nitrogen and oxygen atoms in total.